The van der Waals surface area contributed by atoms with E-state index in [1.807, 2.05) is 32.9 Å². The molecule has 5 aliphatic rings. The number of alkyl halides is 3. The number of unbranched alkanes of at least 4 members (excludes halogenated alkanes) is 15. The molecule has 5 fully saturated rings. The van der Waals surface area contributed by atoms with Crippen molar-refractivity contribution in [3.8, 4) is 17.6 Å². The normalized spacial score (nSPS) is 18.8. The Kier molecular flexibility index (Phi) is 63.2. The molecule has 1 aromatic rings. The molecule has 2 saturated carbocycles. The van der Waals surface area contributed by atoms with Crippen molar-refractivity contribution in [1.29, 1.82) is 0 Å². The molecule has 0 N–H and O–H groups in total. The molecule has 132 heavy (non-hydrogen) atoms. The molecule has 6 rings (SSSR count). The number of nitrogens with zero attached hydrogens (tertiary/aromatic N) is 4. The van der Waals surface area contributed by atoms with E-state index in [2.05, 4.69) is 218 Å². The number of aromatic nitrogens is 1. The average molecular weight is 1890 g/mol. The molecule has 2 aliphatic carbocycles. The van der Waals surface area contributed by atoms with Gasteiger partial charge in [0, 0.05) is 149 Å². The first-order chi connectivity index (χ1) is 61.4. The van der Waals surface area contributed by atoms with Crippen LogP contribution < -0.4 is 4.74 Å². The zero-order valence-corrected chi connectivity index (χ0v) is 90.8. The highest BCUT2D eigenvalue weighted by Gasteiger charge is 2.43. The lowest BCUT2D eigenvalue weighted by molar-refractivity contribution is -0.228. The van der Waals surface area contributed by atoms with Crippen LogP contribution in [0.3, 0.4) is 0 Å². The van der Waals surface area contributed by atoms with Crippen LogP contribution in [0.5, 0.6) is 5.75 Å². The average Bonchev–Trinajstić information content (AvgIpc) is 0.815. The SMILES string of the molecule is CC(C)(C)OCCCC#Cc1ccc(OC2CC(OC(C)(C)C)C2)cn1.CC(C)(C)OCCCCCOCCCCCN1CC(OC(C)(C)C)C1.CC(C)(C)OCCCCCOCCCCCOC1CC(OC(C)(C)C)C1.CC(C)(C)OCCCCCOCCCCCOC1CN(C(C)(C)C)C1.CC(C)(C)OCCCCCOCCOC(CC1CCN(C(C)(C)C)CC1)C(F)(F)F. The first-order valence-electron chi connectivity index (χ1n) is 52.2. The van der Waals surface area contributed by atoms with Gasteiger partial charge >= 0.3 is 6.18 Å². The molecule has 4 heterocycles. The second-order valence-corrected chi connectivity index (χ2v) is 47.3. The predicted octanol–water partition coefficient (Wildman–Crippen LogP) is 25.4. The fraction of sp³-hybridized carbons (Fsp3) is 0.936. The minimum absolute atomic E-state index is 0.00624. The lowest BCUT2D eigenvalue weighted by Gasteiger charge is -2.47. The molecule has 1 aromatic heterocycles. The summed E-state index contributed by atoms with van der Waals surface area (Å²) < 4.78 is 132. The van der Waals surface area contributed by atoms with Gasteiger partial charge in [0.1, 0.15) is 17.5 Å². The summed E-state index contributed by atoms with van der Waals surface area (Å²) in [5.74, 6) is 7.10. The minimum atomic E-state index is -4.33. The Morgan fingerprint density at radius 3 is 1.04 bits per heavy atom. The van der Waals surface area contributed by atoms with Crippen LogP contribution in [-0.2, 0) is 71.1 Å². The number of rotatable bonds is 58. The smallest absolute Gasteiger partial charge is 0.414 e. The number of hydrogen-bond donors (Lipinski definition) is 0. The van der Waals surface area contributed by atoms with Crippen LogP contribution in [0.15, 0.2) is 18.3 Å². The van der Waals surface area contributed by atoms with Crippen molar-refractivity contribution in [3.05, 3.63) is 24.0 Å². The van der Waals surface area contributed by atoms with Gasteiger partial charge in [0.2, 0.25) is 0 Å². The molecule has 1 atom stereocenters. The topological polar surface area (TPSA) is 170 Å². The Labute approximate surface area is 808 Å². The van der Waals surface area contributed by atoms with Gasteiger partial charge < -0.3 is 75.8 Å². The van der Waals surface area contributed by atoms with Crippen LogP contribution in [0.2, 0.25) is 0 Å². The van der Waals surface area contributed by atoms with Gasteiger partial charge in [0.15, 0.2) is 6.10 Å². The summed E-state index contributed by atoms with van der Waals surface area (Å²) in [6.07, 6.45) is 29.3. The summed E-state index contributed by atoms with van der Waals surface area (Å²) in [5, 5.41) is 0. The summed E-state index contributed by atoms with van der Waals surface area (Å²) in [5.41, 5.74) is 0.782. The highest BCUT2D eigenvalue weighted by Crippen LogP contribution is 2.36. The Balaban J connectivity index is 0.000000559. The molecule has 0 bridgehead atoms. The van der Waals surface area contributed by atoms with E-state index in [-0.39, 0.29) is 87.5 Å². The highest BCUT2D eigenvalue weighted by atomic mass is 19.4. The van der Waals surface area contributed by atoms with Gasteiger partial charge in [-0.2, -0.15) is 13.2 Å². The first-order valence-corrected chi connectivity index (χ1v) is 52.2. The predicted molar refractivity (Wildman–Crippen MR) is 538 cm³/mol. The van der Waals surface area contributed by atoms with E-state index < -0.39 is 12.3 Å². The van der Waals surface area contributed by atoms with Crippen LogP contribution in [0.1, 0.15) is 406 Å². The number of likely N-dealkylation sites (tertiary alicyclic amines) is 3. The van der Waals surface area contributed by atoms with E-state index in [1.165, 1.54) is 57.9 Å². The molecule has 0 radical (unpaired) electrons. The van der Waals surface area contributed by atoms with Crippen LogP contribution >= 0.6 is 0 Å². The second-order valence-electron chi connectivity index (χ2n) is 47.3. The molecule has 23 heteroatoms. The summed E-state index contributed by atoms with van der Waals surface area (Å²) in [6, 6.07) is 3.85. The van der Waals surface area contributed by atoms with Gasteiger partial charge in [-0.25, -0.2) is 4.98 Å². The highest BCUT2D eigenvalue weighted by molar-refractivity contribution is 5.31. The maximum Gasteiger partial charge on any atom is 0.414 e. The third kappa shape index (κ3) is 75.5. The van der Waals surface area contributed by atoms with E-state index >= 15 is 0 Å². The quantitative estimate of drug-likeness (QED) is 0.0445. The lowest BCUT2D eigenvalue weighted by atomic mass is 9.88. The molecule has 1 unspecified atom stereocenters. The first kappa shape index (κ1) is 126. The summed E-state index contributed by atoms with van der Waals surface area (Å²) in [6.45, 7) is 82.6. The number of ether oxygens (including phenoxy) is 16. The van der Waals surface area contributed by atoms with Crippen molar-refractivity contribution >= 4 is 0 Å². The van der Waals surface area contributed by atoms with Gasteiger partial charge in [0.25, 0.3) is 0 Å². The Morgan fingerprint density at radius 2 is 0.682 bits per heavy atom. The minimum Gasteiger partial charge on any atom is -0.489 e. The third-order valence-electron chi connectivity index (χ3n) is 22.4. The third-order valence-corrected chi connectivity index (χ3v) is 22.4. The van der Waals surface area contributed by atoms with Gasteiger partial charge in [0.05, 0.1) is 94.7 Å². The lowest BCUT2D eigenvalue weighted by Crippen LogP contribution is -2.59. The summed E-state index contributed by atoms with van der Waals surface area (Å²) in [4.78, 5) is 11.7. The van der Waals surface area contributed by atoms with E-state index in [9.17, 15) is 13.2 Å². The molecular formula is C109H207F3N4O16. The Hall–Kier alpha value is -2.42. The molecule has 0 amide bonds. The molecule has 780 valence electrons. The zero-order valence-electron chi connectivity index (χ0n) is 90.8. The van der Waals surface area contributed by atoms with E-state index in [0.717, 1.165) is 265 Å². The molecule has 3 aliphatic heterocycles. The number of hydrogen-bond acceptors (Lipinski definition) is 20. The number of halogens is 3. The summed E-state index contributed by atoms with van der Waals surface area (Å²) in [7, 11) is 0. The van der Waals surface area contributed by atoms with Crippen LogP contribution in [0.4, 0.5) is 13.2 Å². The van der Waals surface area contributed by atoms with E-state index in [1.54, 1.807) is 6.20 Å². The van der Waals surface area contributed by atoms with E-state index in [4.69, 9.17) is 75.8 Å². The maximum absolute atomic E-state index is 13.4. The Morgan fingerprint density at radius 1 is 0.341 bits per heavy atom. The molecule has 20 nitrogen and oxygen atoms in total. The van der Waals surface area contributed by atoms with E-state index in [0.29, 0.717) is 43.7 Å². The maximum atomic E-state index is 13.4. The van der Waals surface area contributed by atoms with Gasteiger partial charge in [-0.3, -0.25) is 14.7 Å². The fourth-order valence-electron chi connectivity index (χ4n) is 15.0. The van der Waals surface area contributed by atoms with Crippen LogP contribution in [0.25, 0.3) is 0 Å². The molecular weight excluding hydrogens is 1680 g/mol. The van der Waals surface area contributed by atoms with Crippen molar-refractivity contribution in [3.63, 3.8) is 0 Å². The fourth-order valence-corrected chi connectivity index (χ4v) is 15.0. The van der Waals surface area contributed by atoms with Gasteiger partial charge in [-0.15, -0.1) is 0 Å². The zero-order chi connectivity index (χ0) is 99.0. The number of pyridine rings is 1. The van der Waals surface area contributed by atoms with Gasteiger partial charge in [-0.1, -0.05) is 5.92 Å². The molecule has 0 spiro atoms. The summed E-state index contributed by atoms with van der Waals surface area (Å²) >= 11 is 0. The molecule has 0 aromatic carbocycles. The standard InChI is InChI=1S/C23H44F3NO3.C22H33NO3.C22H44O4.2C21H43NO3/c1-21(2,3)27-12-10-19(11-13-27)18-20(23(24,25)26)29-17-16-28-14-8-7-9-15-30-22(4,5)6;1-21(2,3)24-13-9-7-8-10-17-11-12-18(16-23-17)25-19-14-20(15-19)26-22(4,5)6;1-21(2,3)25-16-12-8-10-14-23-13-9-7-11-15-24-19-17-20(18-19)26-22(4,5)6;1-20(2,3)22-17-19(18-22)24-15-11-7-9-13-23-14-10-8-12-16-25-21(4,5)6;1-20(2,3)24-16-12-8-11-15-23-14-10-7-9-13-22-17-19(18-22)25-21(4,5)6/h19-20H,7-18H2,1-6H3;11-12,16,19-20H,7,9,13-15H2,1-6H3;19-20H,7-18H2,1-6H3;2*19H,7-18H2,1-6H3. The van der Waals surface area contributed by atoms with Crippen LogP contribution in [-0.4, -0.2) is 276 Å². The van der Waals surface area contributed by atoms with Crippen molar-refractivity contribution < 1.29 is 89.0 Å². The monoisotopic (exact) mass is 1890 g/mol. The van der Waals surface area contributed by atoms with Crippen LogP contribution in [0, 0.1) is 17.8 Å². The molecule has 3 saturated heterocycles. The van der Waals surface area contributed by atoms with Crippen molar-refractivity contribution in [2.45, 2.75) is 505 Å². The van der Waals surface area contributed by atoms with Crippen molar-refractivity contribution in [2.75, 3.05) is 152 Å². The largest absolute Gasteiger partial charge is 0.489 e. The van der Waals surface area contributed by atoms with Gasteiger partial charge in [-0.05, 0) is 425 Å². The number of piperidine rings is 1. The second kappa shape index (κ2) is 66.4. The Bertz CT molecular complexity index is 2970. The van der Waals surface area contributed by atoms with Crippen molar-refractivity contribution in [2.24, 2.45) is 5.92 Å². The van der Waals surface area contributed by atoms with Crippen molar-refractivity contribution in [1.82, 2.24) is 19.7 Å².